The second-order valence-corrected chi connectivity index (χ2v) is 5.84. The number of amides is 1. The van der Waals surface area contributed by atoms with Crippen LogP contribution in [0, 0.1) is 6.92 Å². The molecule has 2 rings (SSSR count). The maximum Gasteiger partial charge on any atom is 0.230 e. The number of thioether (sulfide) groups is 1. The summed E-state index contributed by atoms with van der Waals surface area (Å²) in [5.74, 6) is 0.475. The van der Waals surface area contributed by atoms with Gasteiger partial charge in [-0.25, -0.2) is 0 Å². The molecule has 0 saturated carbocycles. The van der Waals surface area contributed by atoms with E-state index in [1.165, 1.54) is 11.8 Å². The Balaban J connectivity index is 2.40. The second kappa shape index (κ2) is 6.09. The molecule has 1 aromatic heterocycles. The molecule has 0 aliphatic heterocycles. The number of primary amides is 1. The smallest absolute Gasteiger partial charge is 0.230 e. The number of nitrogens with zero attached hydrogens (tertiary/aromatic N) is 3. The molecule has 5 nitrogen and oxygen atoms in total. The van der Waals surface area contributed by atoms with Crippen molar-refractivity contribution in [2.24, 2.45) is 5.73 Å². The third-order valence-electron chi connectivity index (χ3n) is 3.10. The number of benzene rings is 1. The first-order chi connectivity index (χ1) is 9.54. The fourth-order valence-corrected chi connectivity index (χ4v) is 2.76. The van der Waals surface area contributed by atoms with E-state index < -0.39 is 0 Å². The van der Waals surface area contributed by atoms with Crippen molar-refractivity contribution in [3.63, 3.8) is 0 Å². The van der Waals surface area contributed by atoms with Crippen LogP contribution in [0.25, 0.3) is 11.4 Å². The highest BCUT2D eigenvalue weighted by Crippen LogP contribution is 2.28. The second-order valence-electron chi connectivity index (χ2n) is 4.53. The van der Waals surface area contributed by atoms with Gasteiger partial charge >= 0.3 is 0 Å². The van der Waals surface area contributed by atoms with Gasteiger partial charge in [0.25, 0.3) is 0 Å². The topological polar surface area (TPSA) is 73.8 Å². The van der Waals surface area contributed by atoms with Gasteiger partial charge < -0.3 is 10.3 Å². The van der Waals surface area contributed by atoms with Gasteiger partial charge in [0.15, 0.2) is 11.0 Å². The summed E-state index contributed by atoms with van der Waals surface area (Å²) in [5.41, 5.74) is 7.50. The van der Waals surface area contributed by atoms with Crippen LogP contribution < -0.4 is 5.73 Å². The molecular formula is C14H18N4OS. The number of nitrogens with two attached hydrogens (primary N) is 1. The Hall–Kier alpha value is -1.82. The van der Waals surface area contributed by atoms with Crippen LogP contribution in [0.1, 0.15) is 19.4 Å². The summed E-state index contributed by atoms with van der Waals surface area (Å²) in [5, 5.41) is 8.86. The van der Waals surface area contributed by atoms with E-state index in [1.807, 2.05) is 42.7 Å². The number of hydrogen-bond donors (Lipinski definition) is 1. The van der Waals surface area contributed by atoms with Gasteiger partial charge in [-0.2, -0.15) is 0 Å². The van der Waals surface area contributed by atoms with Crippen LogP contribution in [-0.2, 0) is 11.3 Å². The third-order valence-corrected chi connectivity index (χ3v) is 4.20. The monoisotopic (exact) mass is 290 g/mol. The molecule has 0 aliphatic carbocycles. The molecule has 106 valence electrons. The fraction of sp³-hybridized carbons (Fsp3) is 0.357. The van der Waals surface area contributed by atoms with E-state index in [9.17, 15) is 4.79 Å². The molecule has 2 aromatic rings. The van der Waals surface area contributed by atoms with Crippen molar-refractivity contribution in [3.05, 3.63) is 29.8 Å². The summed E-state index contributed by atoms with van der Waals surface area (Å²) >= 11 is 1.34. The minimum atomic E-state index is -0.349. The van der Waals surface area contributed by atoms with Crippen molar-refractivity contribution in [1.29, 1.82) is 0 Å². The number of carbonyl (C=O) groups is 1. The van der Waals surface area contributed by atoms with Crippen molar-refractivity contribution >= 4 is 17.7 Å². The lowest BCUT2D eigenvalue weighted by Crippen LogP contribution is -2.23. The number of aromatic nitrogens is 3. The fourth-order valence-electron chi connectivity index (χ4n) is 1.90. The van der Waals surface area contributed by atoms with E-state index in [-0.39, 0.29) is 11.2 Å². The quantitative estimate of drug-likeness (QED) is 0.857. The van der Waals surface area contributed by atoms with Crippen molar-refractivity contribution in [2.45, 2.75) is 37.7 Å². The molecule has 1 heterocycles. The van der Waals surface area contributed by atoms with Gasteiger partial charge in [-0.3, -0.25) is 4.79 Å². The van der Waals surface area contributed by atoms with Gasteiger partial charge in [-0.15, -0.1) is 10.2 Å². The Morgan fingerprint density at radius 1 is 1.40 bits per heavy atom. The highest BCUT2D eigenvalue weighted by atomic mass is 32.2. The Kier molecular flexibility index (Phi) is 4.44. The number of hydrogen-bond acceptors (Lipinski definition) is 4. The summed E-state index contributed by atoms with van der Waals surface area (Å²) in [6.45, 7) is 6.59. The van der Waals surface area contributed by atoms with E-state index in [1.54, 1.807) is 6.92 Å². The van der Waals surface area contributed by atoms with Crippen molar-refractivity contribution in [2.75, 3.05) is 0 Å². The molecule has 2 N–H and O–H groups in total. The molecule has 1 unspecified atom stereocenters. The lowest BCUT2D eigenvalue weighted by atomic mass is 10.1. The summed E-state index contributed by atoms with van der Waals surface area (Å²) in [6, 6.07) is 8.05. The summed E-state index contributed by atoms with van der Waals surface area (Å²) in [6.07, 6.45) is 0. The van der Waals surface area contributed by atoms with Gasteiger partial charge in [0.05, 0.1) is 5.25 Å². The van der Waals surface area contributed by atoms with Crippen LogP contribution in [0.2, 0.25) is 0 Å². The number of carbonyl (C=O) groups excluding carboxylic acids is 1. The maximum absolute atomic E-state index is 11.2. The number of aryl methyl sites for hydroxylation is 1. The van der Waals surface area contributed by atoms with Crippen LogP contribution >= 0.6 is 11.8 Å². The Labute approximate surface area is 122 Å². The molecule has 1 aromatic carbocycles. The minimum Gasteiger partial charge on any atom is -0.369 e. The molecule has 0 fully saturated rings. The first kappa shape index (κ1) is 14.6. The lowest BCUT2D eigenvalue weighted by molar-refractivity contribution is -0.117. The summed E-state index contributed by atoms with van der Waals surface area (Å²) in [4.78, 5) is 11.2. The predicted octanol–water partition coefficient (Wildman–Crippen LogP) is 2.24. The minimum absolute atomic E-state index is 0.325. The zero-order chi connectivity index (χ0) is 14.7. The van der Waals surface area contributed by atoms with E-state index in [2.05, 4.69) is 10.2 Å². The van der Waals surface area contributed by atoms with Crippen molar-refractivity contribution in [1.82, 2.24) is 14.8 Å². The molecule has 1 amide bonds. The molecule has 0 spiro atoms. The summed E-state index contributed by atoms with van der Waals surface area (Å²) in [7, 11) is 0. The zero-order valence-electron chi connectivity index (χ0n) is 11.8. The first-order valence-corrected chi connectivity index (χ1v) is 7.37. The average Bonchev–Trinajstić information content (AvgIpc) is 2.81. The summed E-state index contributed by atoms with van der Waals surface area (Å²) < 4.78 is 2.01. The standard InChI is InChI=1S/C14H18N4OS/c1-4-18-13(11-8-6-5-7-9(11)2)16-17-14(18)20-10(3)12(15)19/h5-8,10H,4H2,1-3H3,(H2,15,19). The molecule has 1 atom stereocenters. The first-order valence-electron chi connectivity index (χ1n) is 6.49. The largest absolute Gasteiger partial charge is 0.369 e. The van der Waals surface area contributed by atoms with E-state index in [0.717, 1.165) is 28.7 Å². The maximum atomic E-state index is 11.2. The SMILES string of the molecule is CCn1c(SC(C)C(N)=O)nnc1-c1ccccc1C. The van der Waals surface area contributed by atoms with Crippen molar-refractivity contribution < 1.29 is 4.79 Å². The van der Waals surface area contributed by atoms with Crippen LogP contribution in [0.15, 0.2) is 29.4 Å². The lowest BCUT2D eigenvalue weighted by Gasteiger charge is -2.10. The average molecular weight is 290 g/mol. The van der Waals surface area contributed by atoms with E-state index >= 15 is 0 Å². The molecule has 20 heavy (non-hydrogen) atoms. The molecule has 0 bridgehead atoms. The molecule has 0 radical (unpaired) electrons. The van der Waals surface area contributed by atoms with Gasteiger partial charge in [0, 0.05) is 12.1 Å². The third kappa shape index (κ3) is 2.85. The Morgan fingerprint density at radius 3 is 2.70 bits per heavy atom. The van der Waals surface area contributed by atoms with E-state index in [0.29, 0.717) is 0 Å². The highest BCUT2D eigenvalue weighted by molar-refractivity contribution is 8.00. The van der Waals surface area contributed by atoms with Gasteiger partial charge in [-0.05, 0) is 26.3 Å². The molecule has 0 saturated heterocycles. The zero-order valence-corrected chi connectivity index (χ0v) is 12.6. The van der Waals surface area contributed by atoms with Gasteiger partial charge in [-0.1, -0.05) is 36.0 Å². The van der Waals surface area contributed by atoms with Crippen molar-refractivity contribution in [3.8, 4) is 11.4 Å². The Morgan fingerprint density at radius 2 is 2.10 bits per heavy atom. The predicted molar refractivity (Wildman–Crippen MR) is 80.4 cm³/mol. The molecular weight excluding hydrogens is 272 g/mol. The Bertz CT molecular complexity index is 623. The van der Waals surface area contributed by atoms with Gasteiger partial charge in [0.1, 0.15) is 0 Å². The molecule has 0 aliphatic rings. The normalized spacial score (nSPS) is 12.3. The van der Waals surface area contributed by atoms with Crippen LogP contribution in [0.5, 0.6) is 0 Å². The van der Waals surface area contributed by atoms with Crippen LogP contribution in [0.4, 0.5) is 0 Å². The number of rotatable bonds is 5. The highest BCUT2D eigenvalue weighted by Gasteiger charge is 2.18. The molecule has 6 heteroatoms. The van der Waals surface area contributed by atoms with Crippen LogP contribution in [-0.4, -0.2) is 25.9 Å². The van der Waals surface area contributed by atoms with E-state index in [4.69, 9.17) is 5.73 Å². The van der Waals surface area contributed by atoms with Crippen LogP contribution in [0.3, 0.4) is 0 Å². The van der Waals surface area contributed by atoms with Gasteiger partial charge in [0.2, 0.25) is 5.91 Å².